The first-order valence-corrected chi connectivity index (χ1v) is 8.69. The molecule has 12 nitrogen and oxygen atoms in total. The van der Waals surface area contributed by atoms with Crippen LogP contribution in [0.15, 0.2) is 12.1 Å². The lowest BCUT2D eigenvalue weighted by Gasteiger charge is -2.15. The smallest absolute Gasteiger partial charge is 0.311 e. The van der Waals surface area contributed by atoms with Crippen LogP contribution in [-0.2, 0) is 4.84 Å². The van der Waals surface area contributed by atoms with Crippen LogP contribution in [0.25, 0.3) is 0 Å². The lowest BCUT2D eigenvalue weighted by molar-refractivity contribution is -0.757. The third-order valence-electron chi connectivity index (χ3n) is 4.62. The average Bonchev–Trinajstić information content (AvgIpc) is 3.23. The number of nitrogens with zero attached hydrogens (tertiary/aromatic N) is 4. The van der Waals surface area contributed by atoms with Gasteiger partial charge in [-0.3, -0.25) is 29.5 Å². The highest BCUT2D eigenvalue weighted by Crippen LogP contribution is 2.35. The number of carbonyl (C=O) groups is 2. The van der Waals surface area contributed by atoms with Gasteiger partial charge in [0.25, 0.3) is 16.9 Å². The quantitative estimate of drug-likeness (QED) is 0.338. The fourth-order valence-electron chi connectivity index (χ4n) is 3.26. The van der Waals surface area contributed by atoms with Gasteiger partial charge >= 0.3 is 5.69 Å². The lowest BCUT2D eigenvalue weighted by Crippen LogP contribution is -2.33. The van der Waals surface area contributed by atoms with Gasteiger partial charge in [-0.1, -0.05) is 0 Å². The van der Waals surface area contributed by atoms with Gasteiger partial charge in [-0.2, -0.15) is 0 Å². The molecule has 0 radical (unpaired) electrons. The molecule has 28 heavy (non-hydrogen) atoms. The number of carbonyl (C=O) groups excluding carboxylic acids is 2. The molecule has 1 saturated heterocycles. The molecule has 0 aliphatic carbocycles. The Kier molecular flexibility index (Phi) is 5.68. The van der Waals surface area contributed by atoms with Crippen LogP contribution in [0.2, 0.25) is 0 Å². The van der Waals surface area contributed by atoms with Crippen molar-refractivity contribution in [3.8, 4) is 5.75 Å². The zero-order valence-electron chi connectivity index (χ0n) is 14.9. The predicted octanol–water partition coefficient (Wildman–Crippen LogP) is 0.874. The fraction of sp³-hybridized carbons (Fsp3) is 0.500. The van der Waals surface area contributed by atoms with Crippen molar-refractivity contribution in [3.05, 3.63) is 43.5 Å². The van der Waals surface area contributed by atoms with E-state index in [1.54, 1.807) is 0 Å². The number of benzene rings is 1. The SMILES string of the molecule is O=C1c2cc(OCCN3CCCC3)c([N+](=O)[O-])cc2C(=O)N1CCO[N+](=O)[O-]. The van der Waals surface area contributed by atoms with Crippen LogP contribution in [0.4, 0.5) is 5.69 Å². The number of amides is 2. The van der Waals surface area contributed by atoms with Gasteiger partial charge in [-0.05, 0) is 25.9 Å². The maximum absolute atomic E-state index is 12.4. The first kappa shape index (κ1) is 19.5. The summed E-state index contributed by atoms with van der Waals surface area (Å²) in [6.45, 7) is 1.88. The van der Waals surface area contributed by atoms with E-state index in [0.29, 0.717) is 6.54 Å². The Bertz CT molecular complexity index is 821. The minimum atomic E-state index is -1.03. The number of hydrogen-bond acceptors (Lipinski definition) is 9. The molecular weight excluding hydrogens is 376 g/mol. The Morgan fingerprint density at radius 1 is 0.964 bits per heavy atom. The number of ether oxygens (including phenoxy) is 1. The topological polar surface area (TPSA) is 145 Å². The zero-order valence-corrected chi connectivity index (χ0v) is 14.9. The van der Waals surface area contributed by atoms with Crippen LogP contribution in [-0.4, -0.2) is 71.0 Å². The van der Waals surface area contributed by atoms with Gasteiger partial charge in [0.15, 0.2) is 5.75 Å². The number of nitro benzene ring substituents is 1. The minimum Gasteiger partial charge on any atom is -0.485 e. The van der Waals surface area contributed by atoms with Gasteiger partial charge in [-0.15, -0.1) is 10.1 Å². The Morgan fingerprint density at radius 3 is 2.21 bits per heavy atom. The molecule has 0 aromatic heterocycles. The largest absolute Gasteiger partial charge is 0.485 e. The monoisotopic (exact) mass is 394 g/mol. The van der Waals surface area contributed by atoms with Gasteiger partial charge in [0, 0.05) is 18.7 Å². The normalized spacial score (nSPS) is 16.4. The molecule has 2 aliphatic heterocycles. The Hall–Kier alpha value is -3.28. The fourth-order valence-corrected chi connectivity index (χ4v) is 3.26. The van der Waals surface area contributed by atoms with Crippen LogP contribution < -0.4 is 4.74 Å². The molecule has 2 amide bonds. The first-order chi connectivity index (χ1) is 13.4. The van der Waals surface area contributed by atoms with Gasteiger partial charge in [0.05, 0.1) is 22.6 Å². The molecule has 12 heteroatoms. The van der Waals surface area contributed by atoms with E-state index in [-0.39, 0.29) is 30.0 Å². The van der Waals surface area contributed by atoms with E-state index in [0.717, 1.165) is 36.9 Å². The van der Waals surface area contributed by atoms with Crippen molar-refractivity contribution >= 4 is 17.5 Å². The molecule has 1 aromatic carbocycles. The standard InChI is InChI=1S/C16H18N4O8/c21-15-11-9-13(19(23)24)14(27-7-5-17-3-1-2-4-17)10-12(11)16(22)18(15)6-8-28-20(25)26/h9-10H,1-8H2. The summed E-state index contributed by atoms with van der Waals surface area (Å²) in [6.07, 6.45) is 2.21. The minimum absolute atomic E-state index is 0.0344. The van der Waals surface area contributed by atoms with Crippen molar-refractivity contribution in [2.45, 2.75) is 12.8 Å². The molecule has 150 valence electrons. The highest BCUT2D eigenvalue weighted by Gasteiger charge is 2.38. The molecule has 0 unspecified atom stereocenters. The second-order valence-corrected chi connectivity index (χ2v) is 6.34. The van der Waals surface area contributed by atoms with Crippen molar-refractivity contribution in [2.24, 2.45) is 0 Å². The van der Waals surface area contributed by atoms with Gasteiger partial charge < -0.3 is 9.57 Å². The van der Waals surface area contributed by atoms with Crippen LogP contribution in [0.1, 0.15) is 33.6 Å². The summed E-state index contributed by atoms with van der Waals surface area (Å²) >= 11 is 0. The Morgan fingerprint density at radius 2 is 1.61 bits per heavy atom. The number of hydrogen-bond donors (Lipinski definition) is 0. The van der Waals surface area contributed by atoms with Gasteiger partial charge in [0.1, 0.15) is 13.2 Å². The van der Waals surface area contributed by atoms with E-state index in [1.807, 2.05) is 0 Å². The van der Waals surface area contributed by atoms with E-state index in [1.165, 1.54) is 6.07 Å². The van der Waals surface area contributed by atoms with E-state index in [9.17, 15) is 29.8 Å². The highest BCUT2D eigenvalue weighted by atomic mass is 16.9. The van der Waals surface area contributed by atoms with Crippen molar-refractivity contribution in [3.63, 3.8) is 0 Å². The van der Waals surface area contributed by atoms with Crippen LogP contribution in [0.5, 0.6) is 5.75 Å². The maximum atomic E-state index is 12.4. The molecule has 3 rings (SSSR count). The second kappa shape index (κ2) is 8.17. The Balaban J connectivity index is 1.76. The summed E-state index contributed by atoms with van der Waals surface area (Å²) in [7, 11) is 0. The summed E-state index contributed by atoms with van der Waals surface area (Å²) in [5.41, 5.74) is -0.581. The van der Waals surface area contributed by atoms with Crippen LogP contribution >= 0.6 is 0 Å². The summed E-state index contributed by atoms with van der Waals surface area (Å²) in [5, 5.41) is 20.5. The molecule has 2 heterocycles. The maximum Gasteiger partial charge on any atom is 0.311 e. The van der Waals surface area contributed by atoms with Crippen LogP contribution in [0.3, 0.4) is 0 Å². The molecule has 1 aromatic rings. The van der Waals surface area contributed by atoms with Gasteiger partial charge in [-0.25, -0.2) is 0 Å². The van der Waals surface area contributed by atoms with E-state index >= 15 is 0 Å². The van der Waals surface area contributed by atoms with E-state index in [2.05, 4.69) is 9.74 Å². The van der Waals surface area contributed by atoms with E-state index < -0.39 is 34.1 Å². The summed E-state index contributed by atoms with van der Waals surface area (Å²) in [6, 6.07) is 2.20. The molecular formula is C16H18N4O8. The second-order valence-electron chi connectivity index (χ2n) is 6.34. The highest BCUT2D eigenvalue weighted by molar-refractivity contribution is 6.21. The molecule has 2 aliphatic rings. The molecule has 0 saturated carbocycles. The third kappa shape index (κ3) is 4.01. The van der Waals surface area contributed by atoms with Crippen molar-refractivity contribution in [1.29, 1.82) is 0 Å². The number of fused-ring (bicyclic) bond motifs is 1. The molecule has 0 N–H and O–H groups in total. The third-order valence-corrected chi connectivity index (χ3v) is 4.62. The van der Waals surface area contributed by atoms with Crippen molar-refractivity contribution in [2.75, 3.05) is 39.4 Å². The predicted molar refractivity (Wildman–Crippen MR) is 92.6 cm³/mol. The van der Waals surface area contributed by atoms with Gasteiger partial charge in [0.2, 0.25) is 0 Å². The summed E-state index contributed by atoms with van der Waals surface area (Å²) < 4.78 is 5.54. The summed E-state index contributed by atoms with van der Waals surface area (Å²) in [4.78, 5) is 52.8. The number of nitro groups is 1. The number of likely N-dealkylation sites (tertiary alicyclic amines) is 1. The first-order valence-electron chi connectivity index (χ1n) is 8.69. The van der Waals surface area contributed by atoms with Crippen LogP contribution in [0, 0.1) is 20.2 Å². The lowest BCUT2D eigenvalue weighted by atomic mass is 10.1. The zero-order chi connectivity index (χ0) is 20.3. The van der Waals surface area contributed by atoms with Crippen molar-refractivity contribution < 1.29 is 29.2 Å². The molecule has 1 fully saturated rings. The van der Waals surface area contributed by atoms with Crippen molar-refractivity contribution in [1.82, 2.24) is 9.80 Å². The van der Waals surface area contributed by atoms with E-state index in [4.69, 9.17) is 4.74 Å². The molecule has 0 spiro atoms. The number of imide groups is 1. The molecule has 0 bridgehead atoms. The average molecular weight is 394 g/mol. The number of rotatable bonds is 9. The summed E-state index contributed by atoms with van der Waals surface area (Å²) in [5.74, 6) is -1.56. The molecule has 0 atom stereocenters. The Labute approximate surface area is 158 Å².